The van der Waals surface area contributed by atoms with Crippen LogP contribution in [0.25, 0.3) is 0 Å². The summed E-state index contributed by atoms with van der Waals surface area (Å²) in [7, 11) is 2.07. The summed E-state index contributed by atoms with van der Waals surface area (Å²) in [6.45, 7) is 1.69. The third-order valence-electron chi connectivity index (χ3n) is 2.58. The van der Waals surface area contributed by atoms with Crippen molar-refractivity contribution in [2.45, 2.75) is 13.1 Å². The quantitative estimate of drug-likeness (QED) is 0.833. The molecule has 2 nitrogen and oxygen atoms in total. The molecule has 0 atom stereocenters. The first-order valence-corrected chi connectivity index (χ1v) is 7.55. The summed E-state index contributed by atoms with van der Waals surface area (Å²) in [5, 5.41) is 2.92. The summed E-state index contributed by atoms with van der Waals surface area (Å²) < 4.78 is 1.16. The minimum Gasteiger partial charge on any atom is -0.399 e. The molecule has 0 amide bonds. The van der Waals surface area contributed by atoms with Gasteiger partial charge in [0.1, 0.15) is 0 Å². The predicted molar refractivity (Wildman–Crippen MR) is 83.1 cm³/mol. The van der Waals surface area contributed by atoms with Gasteiger partial charge in [0.15, 0.2) is 0 Å². The third-order valence-corrected chi connectivity index (χ3v) is 4.51. The lowest BCUT2D eigenvalue weighted by Crippen LogP contribution is -2.17. The Bertz CT molecular complexity index is 542. The number of anilines is 1. The number of nitrogens with zero attached hydrogens (tertiary/aromatic N) is 1. The van der Waals surface area contributed by atoms with Gasteiger partial charge in [-0.3, -0.25) is 4.90 Å². The van der Waals surface area contributed by atoms with Crippen molar-refractivity contribution < 1.29 is 0 Å². The van der Waals surface area contributed by atoms with Crippen LogP contribution < -0.4 is 5.73 Å². The minimum atomic E-state index is 0.751. The van der Waals surface area contributed by atoms with E-state index in [1.807, 2.05) is 18.2 Å². The average molecular weight is 346 g/mol. The maximum atomic E-state index is 6.16. The van der Waals surface area contributed by atoms with Crippen LogP contribution in [-0.2, 0) is 13.1 Å². The standard InChI is InChI=1S/C13H14BrClN2S/c1-17(6-9-4-13(14)18-8-9)7-10-5-11(16)2-3-12(10)15/h2-5,8H,6-7,16H2,1H3. The highest BCUT2D eigenvalue weighted by atomic mass is 79.9. The molecule has 2 aromatic rings. The zero-order chi connectivity index (χ0) is 13.1. The van der Waals surface area contributed by atoms with Crippen LogP contribution in [0.4, 0.5) is 5.69 Å². The first kappa shape index (κ1) is 13.9. The van der Waals surface area contributed by atoms with Crippen LogP contribution in [0.1, 0.15) is 11.1 Å². The molecule has 96 valence electrons. The van der Waals surface area contributed by atoms with Gasteiger partial charge in [0.25, 0.3) is 0 Å². The minimum absolute atomic E-state index is 0.751. The molecule has 5 heteroatoms. The van der Waals surface area contributed by atoms with Gasteiger partial charge in [0, 0.05) is 23.8 Å². The van der Waals surface area contributed by atoms with Crippen LogP contribution in [0.2, 0.25) is 5.02 Å². The van der Waals surface area contributed by atoms with Gasteiger partial charge in [-0.1, -0.05) is 11.6 Å². The van der Waals surface area contributed by atoms with Gasteiger partial charge in [-0.2, -0.15) is 0 Å². The molecule has 1 aromatic heterocycles. The van der Waals surface area contributed by atoms with Crippen molar-refractivity contribution in [1.82, 2.24) is 4.90 Å². The van der Waals surface area contributed by atoms with Gasteiger partial charge in [-0.05, 0) is 63.8 Å². The van der Waals surface area contributed by atoms with Crippen LogP contribution >= 0.6 is 38.9 Å². The Morgan fingerprint density at radius 1 is 1.33 bits per heavy atom. The van der Waals surface area contributed by atoms with Gasteiger partial charge in [-0.25, -0.2) is 0 Å². The molecule has 0 unspecified atom stereocenters. The molecule has 18 heavy (non-hydrogen) atoms. The van der Waals surface area contributed by atoms with E-state index in [1.54, 1.807) is 11.3 Å². The van der Waals surface area contributed by atoms with E-state index in [0.29, 0.717) is 0 Å². The largest absolute Gasteiger partial charge is 0.399 e. The highest BCUT2D eigenvalue weighted by molar-refractivity contribution is 9.11. The molecule has 0 radical (unpaired) electrons. The number of hydrogen-bond acceptors (Lipinski definition) is 3. The lowest BCUT2D eigenvalue weighted by atomic mass is 10.2. The van der Waals surface area contributed by atoms with Gasteiger partial charge >= 0.3 is 0 Å². The number of benzene rings is 1. The molecule has 2 N–H and O–H groups in total. The molecule has 0 spiro atoms. The number of nitrogens with two attached hydrogens (primary N) is 1. The second-order valence-electron chi connectivity index (χ2n) is 4.28. The molecule has 1 heterocycles. The molecule has 0 fully saturated rings. The summed E-state index contributed by atoms with van der Waals surface area (Å²) in [5.41, 5.74) is 8.89. The molecule has 0 aliphatic heterocycles. The first-order chi connectivity index (χ1) is 8.54. The Kier molecular flexibility index (Phi) is 4.67. The zero-order valence-corrected chi connectivity index (χ0v) is 13.1. The van der Waals surface area contributed by atoms with Crippen molar-refractivity contribution in [2.24, 2.45) is 0 Å². The van der Waals surface area contributed by atoms with Crippen molar-refractivity contribution >= 4 is 44.6 Å². The van der Waals surface area contributed by atoms with Gasteiger partial charge in [0.2, 0.25) is 0 Å². The molecule has 0 saturated carbocycles. The highest BCUT2D eigenvalue weighted by Gasteiger charge is 2.07. The Hall–Kier alpha value is -0.550. The third kappa shape index (κ3) is 3.72. The lowest BCUT2D eigenvalue weighted by Gasteiger charge is -2.17. The summed E-state index contributed by atoms with van der Waals surface area (Å²) in [4.78, 5) is 2.22. The maximum Gasteiger partial charge on any atom is 0.0701 e. The van der Waals surface area contributed by atoms with E-state index in [9.17, 15) is 0 Å². The zero-order valence-electron chi connectivity index (χ0n) is 9.99. The fourth-order valence-electron chi connectivity index (χ4n) is 1.80. The number of rotatable bonds is 4. The predicted octanol–water partition coefficient (Wildman–Crippen LogP) is 4.38. The lowest BCUT2D eigenvalue weighted by molar-refractivity contribution is 0.319. The molecule has 0 aliphatic rings. The van der Waals surface area contributed by atoms with E-state index >= 15 is 0 Å². The van der Waals surface area contributed by atoms with E-state index in [2.05, 4.69) is 39.3 Å². The topological polar surface area (TPSA) is 29.3 Å². The molecule has 1 aromatic carbocycles. The fourth-order valence-corrected chi connectivity index (χ4v) is 3.18. The number of hydrogen-bond donors (Lipinski definition) is 1. The van der Waals surface area contributed by atoms with E-state index < -0.39 is 0 Å². The normalized spacial score (nSPS) is 11.1. The Balaban J connectivity index is 2.02. The average Bonchev–Trinajstić information content (AvgIpc) is 2.69. The Labute approximate surface area is 124 Å². The molecule has 2 rings (SSSR count). The number of thiophene rings is 1. The van der Waals surface area contributed by atoms with Gasteiger partial charge in [0.05, 0.1) is 3.79 Å². The van der Waals surface area contributed by atoms with Crippen LogP contribution in [0.15, 0.2) is 33.4 Å². The smallest absolute Gasteiger partial charge is 0.0701 e. The molecular formula is C13H14BrClN2S. The van der Waals surface area contributed by atoms with Crippen LogP contribution in [0, 0.1) is 0 Å². The van der Waals surface area contributed by atoms with Crippen molar-refractivity contribution in [2.75, 3.05) is 12.8 Å². The molecule has 0 aliphatic carbocycles. The van der Waals surface area contributed by atoms with Crippen molar-refractivity contribution in [1.29, 1.82) is 0 Å². The van der Waals surface area contributed by atoms with Crippen molar-refractivity contribution in [3.05, 3.63) is 49.6 Å². The molecular weight excluding hydrogens is 332 g/mol. The van der Waals surface area contributed by atoms with Crippen LogP contribution in [0.5, 0.6) is 0 Å². The van der Waals surface area contributed by atoms with Crippen LogP contribution in [0.3, 0.4) is 0 Å². The monoisotopic (exact) mass is 344 g/mol. The van der Waals surface area contributed by atoms with E-state index in [-0.39, 0.29) is 0 Å². The van der Waals surface area contributed by atoms with Crippen LogP contribution in [-0.4, -0.2) is 11.9 Å². The number of halogens is 2. The second kappa shape index (κ2) is 6.06. The summed E-state index contributed by atoms with van der Waals surface area (Å²) >= 11 is 11.3. The number of nitrogen functional groups attached to an aromatic ring is 1. The Morgan fingerprint density at radius 2 is 2.11 bits per heavy atom. The Morgan fingerprint density at radius 3 is 2.78 bits per heavy atom. The second-order valence-corrected chi connectivity index (χ2v) is 6.98. The maximum absolute atomic E-state index is 6.16. The van der Waals surface area contributed by atoms with Gasteiger partial charge in [-0.15, -0.1) is 11.3 Å². The van der Waals surface area contributed by atoms with Gasteiger partial charge < -0.3 is 5.73 Å². The SMILES string of the molecule is CN(Cc1csc(Br)c1)Cc1cc(N)ccc1Cl. The molecule has 0 bridgehead atoms. The van der Waals surface area contributed by atoms with E-state index in [1.165, 1.54) is 5.56 Å². The van der Waals surface area contributed by atoms with Crippen molar-refractivity contribution in [3.8, 4) is 0 Å². The van der Waals surface area contributed by atoms with E-state index in [0.717, 1.165) is 33.1 Å². The summed E-state index contributed by atoms with van der Waals surface area (Å²) in [6, 6.07) is 7.74. The van der Waals surface area contributed by atoms with Crippen molar-refractivity contribution in [3.63, 3.8) is 0 Å². The highest BCUT2D eigenvalue weighted by Crippen LogP contribution is 2.23. The molecule has 0 saturated heterocycles. The summed E-state index contributed by atoms with van der Waals surface area (Å²) in [6.07, 6.45) is 0. The fraction of sp³-hybridized carbons (Fsp3) is 0.231. The van der Waals surface area contributed by atoms with E-state index in [4.69, 9.17) is 17.3 Å². The summed E-state index contributed by atoms with van der Waals surface area (Å²) in [5.74, 6) is 0. The first-order valence-electron chi connectivity index (χ1n) is 5.50.